The summed E-state index contributed by atoms with van der Waals surface area (Å²) in [5.41, 5.74) is 7.10. The molecule has 24 heavy (non-hydrogen) atoms. The van der Waals surface area contributed by atoms with Gasteiger partial charge in [-0.1, -0.05) is 18.2 Å². The summed E-state index contributed by atoms with van der Waals surface area (Å²) in [6, 6.07) is 8.29. The van der Waals surface area contributed by atoms with E-state index in [9.17, 15) is 4.79 Å². The molecule has 1 unspecified atom stereocenters. The van der Waals surface area contributed by atoms with Gasteiger partial charge in [-0.3, -0.25) is 4.57 Å². The third-order valence-corrected chi connectivity index (χ3v) is 4.99. The zero-order valence-corrected chi connectivity index (χ0v) is 13.7. The number of para-hydroxylation sites is 1. The molecule has 3 N–H and O–H groups in total. The van der Waals surface area contributed by atoms with Crippen LogP contribution in [0.4, 0.5) is 0 Å². The van der Waals surface area contributed by atoms with Crippen molar-refractivity contribution in [1.82, 2.24) is 19.4 Å². The van der Waals surface area contributed by atoms with Gasteiger partial charge in [-0.05, 0) is 38.4 Å². The number of nitrogens with two attached hydrogens (primary N) is 1. The second kappa shape index (κ2) is 6.37. The molecule has 6 heteroatoms. The molecule has 3 aromatic rings. The number of fused-ring (bicyclic) bond motifs is 3. The molecule has 1 aromatic carbocycles. The fourth-order valence-corrected chi connectivity index (χ4v) is 3.70. The highest BCUT2D eigenvalue weighted by atomic mass is 16.1. The summed E-state index contributed by atoms with van der Waals surface area (Å²) in [6.07, 6.45) is 5.16. The highest BCUT2D eigenvalue weighted by Gasteiger charge is 2.25. The van der Waals surface area contributed by atoms with Crippen molar-refractivity contribution in [2.75, 3.05) is 26.2 Å². The monoisotopic (exact) mass is 325 g/mol. The Labute approximate surface area is 140 Å². The van der Waals surface area contributed by atoms with Gasteiger partial charge in [-0.25, -0.2) is 4.79 Å². The average Bonchev–Trinajstić information content (AvgIpc) is 3.18. The van der Waals surface area contributed by atoms with E-state index in [1.807, 2.05) is 29.0 Å². The fraction of sp³-hybridized carbons (Fsp3) is 0.444. The summed E-state index contributed by atoms with van der Waals surface area (Å²) >= 11 is 0. The molecule has 0 radical (unpaired) electrons. The molecule has 0 spiro atoms. The largest absolute Gasteiger partial charge is 0.349 e. The van der Waals surface area contributed by atoms with Crippen LogP contribution in [-0.2, 0) is 0 Å². The third-order valence-electron chi connectivity index (χ3n) is 4.99. The Morgan fingerprint density at radius 3 is 3.00 bits per heavy atom. The highest BCUT2D eigenvalue weighted by molar-refractivity contribution is 6.05. The molecule has 1 aliphatic heterocycles. The Morgan fingerprint density at radius 1 is 1.25 bits per heavy atom. The van der Waals surface area contributed by atoms with E-state index < -0.39 is 0 Å². The molecule has 2 aromatic heterocycles. The summed E-state index contributed by atoms with van der Waals surface area (Å²) in [7, 11) is 0. The summed E-state index contributed by atoms with van der Waals surface area (Å²) in [4.78, 5) is 22.4. The van der Waals surface area contributed by atoms with Crippen LogP contribution in [0.3, 0.4) is 0 Å². The summed E-state index contributed by atoms with van der Waals surface area (Å²) in [5, 5.41) is 2.14. The lowest BCUT2D eigenvalue weighted by molar-refractivity contribution is 0.315. The molecule has 126 valence electrons. The Morgan fingerprint density at radius 2 is 2.12 bits per heavy atom. The van der Waals surface area contributed by atoms with Crippen molar-refractivity contribution < 1.29 is 0 Å². The Hall–Kier alpha value is -2.18. The lowest BCUT2D eigenvalue weighted by atomic mass is 10.2. The SMILES string of the molecule is NCCCCN1CCC(n2cc3c(nc2=O)[nH]c2ccccc23)C1. The molecule has 0 bridgehead atoms. The van der Waals surface area contributed by atoms with Crippen molar-refractivity contribution in [2.45, 2.75) is 25.3 Å². The molecule has 1 fully saturated rings. The van der Waals surface area contributed by atoms with Crippen LogP contribution in [0.5, 0.6) is 0 Å². The number of aromatic nitrogens is 3. The van der Waals surface area contributed by atoms with Gasteiger partial charge in [0.1, 0.15) is 5.65 Å². The number of likely N-dealkylation sites (tertiary alicyclic amines) is 1. The predicted molar refractivity (Wildman–Crippen MR) is 96.2 cm³/mol. The molecule has 3 heterocycles. The number of unbranched alkanes of at least 4 members (excludes halogenated alkanes) is 1. The zero-order chi connectivity index (χ0) is 16.5. The van der Waals surface area contributed by atoms with Gasteiger partial charge in [-0.15, -0.1) is 0 Å². The smallest absolute Gasteiger partial charge is 0.339 e. The van der Waals surface area contributed by atoms with Crippen LogP contribution in [0, 0.1) is 0 Å². The molecule has 0 aliphatic carbocycles. The number of benzene rings is 1. The van der Waals surface area contributed by atoms with E-state index in [1.54, 1.807) is 0 Å². The van der Waals surface area contributed by atoms with Crippen molar-refractivity contribution in [1.29, 1.82) is 0 Å². The Kier molecular flexibility index (Phi) is 4.08. The van der Waals surface area contributed by atoms with E-state index in [2.05, 4.69) is 20.9 Å². The van der Waals surface area contributed by atoms with E-state index >= 15 is 0 Å². The van der Waals surface area contributed by atoms with E-state index in [1.165, 1.54) is 0 Å². The van der Waals surface area contributed by atoms with Crippen LogP contribution in [0.25, 0.3) is 21.9 Å². The quantitative estimate of drug-likeness (QED) is 0.702. The molecule has 1 saturated heterocycles. The minimum absolute atomic E-state index is 0.164. The standard InChI is InChI=1S/C18H23N5O/c19-8-3-4-9-22-10-7-13(11-22)23-12-15-14-5-1-2-6-16(14)20-17(15)21-18(23)24/h1-2,5-6,12-13H,3-4,7-11,19H2,(H,20,21,24). The molecular weight excluding hydrogens is 302 g/mol. The van der Waals surface area contributed by atoms with Gasteiger partial charge in [0, 0.05) is 35.6 Å². The van der Waals surface area contributed by atoms with Crippen molar-refractivity contribution in [3.8, 4) is 0 Å². The first-order valence-electron chi connectivity index (χ1n) is 8.68. The molecule has 0 amide bonds. The number of hydrogen-bond acceptors (Lipinski definition) is 4. The van der Waals surface area contributed by atoms with E-state index in [4.69, 9.17) is 5.73 Å². The van der Waals surface area contributed by atoms with Gasteiger partial charge in [-0.2, -0.15) is 4.98 Å². The van der Waals surface area contributed by atoms with Gasteiger partial charge in [0.25, 0.3) is 0 Å². The predicted octanol–water partition coefficient (Wildman–Crippen LogP) is 1.86. The summed E-state index contributed by atoms with van der Waals surface area (Å²) in [6.45, 7) is 3.76. The van der Waals surface area contributed by atoms with Crippen LogP contribution in [0.1, 0.15) is 25.3 Å². The van der Waals surface area contributed by atoms with Crippen LogP contribution < -0.4 is 11.4 Å². The number of aromatic amines is 1. The average molecular weight is 325 g/mol. The van der Waals surface area contributed by atoms with Gasteiger partial charge in [0.05, 0.1) is 6.04 Å². The maximum atomic E-state index is 12.5. The molecule has 0 saturated carbocycles. The maximum Gasteiger partial charge on any atom is 0.349 e. The number of nitrogens with zero attached hydrogens (tertiary/aromatic N) is 3. The molecule has 4 rings (SSSR count). The summed E-state index contributed by atoms with van der Waals surface area (Å²) in [5.74, 6) is 0. The normalized spacial score (nSPS) is 18.8. The first-order valence-corrected chi connectivity index (χ1v) is 8.68. The lowest BCUT2D eigenvalue weighted by Crippen LogP contribution is -2.29. The number of rotatable bonds is 5. The third kappa shape index (κ3) is 2.72. The summed E-state index contributed by atoms with van der Waals surface area (Å²) < 4.78 is 1.82. The minimum Gasteiger partial charge on any atom is -0.339 e. The van der Waals surface area contributed by atoms with Gasteiger partial charge < -0.3 is 15.6 Å². The molecule has 1 aliphatic rings. The van der Waals surface area contributed by atoms with Crippen molar-refractivity contribution in [3.63, 3.8) is 0 Å². The van der Waals surface area contributed by atoms with E-state index in [-0.39, 0.29) is 11.7 Å². The van der Waals surface area contributed by atoms with Gasteiger partial charge in [0.15, 0.2) is 0 Å². The molecular formula is C18H23N5O. The van der Waals surface area contributed by atoms with Gasteiger partial charge in [0.2, 0.25) is 0 Å². The minimum atomic E-state index is -0.164. The second-order valence-electron chi connectivity index (χ2n) is 6.60. The van der Waals surface area contributed by atoms with Crippen molar-refractivity contribution in [3.05, 3.63) is 40.9 Å². The Balaban J connectivity index is 1.63. The van der Waals surface area contributed by atoms with E-state index in [0.717, 1.165) is 61.7 Å². The van der Waals surface area contributed by atoms with Crippen LogP contribution in [0.15, 0.2) is 35.3 Å². The van der Waals surface area contributed by atoms with Crippen molar-refractivity contribution in [2.24, 2.45) is 5.73 Å². The van der Waals surface area contributed by atoms with E-state index in [0.29, 0.717) is 5.65 Å². The number of H-pyrrole nitrogens is 1. The van der Waals surface area contributed by atoms with Crippen LogP contribution >= 0.6 is 0 Å². The van der Waals surface area contributed by atoms with Crippen LogP contribution in [-0.4, -0.2) is 45.6 Å². The fourth-order valence-electron chi connectivity index (χ4n) is 3.70. The Bertz CT molecular complexity index is 913. The number of hydrogen-bond donors (Lipinski definition) is 2. The van der Waals surface area contributed by atoms with Gasteiger partial charge >= 0.3 is 5.69 Å². The topological polar surface area (TPSA) is 79.9 Å². The maximum absolute atomic E-state index is 12.5. The molecule has 1 atom stereocenters. The highest BCUT2D eigenvalue weighted by Crippen LogP contribution is 2.25. The van der Waals surface area contributed by atoms with Crippen LogP contribution in [0.2, 0.25) is 0 Å². The first-order chi connectivity index (χ1) is 11.8. The molecule has 6 nitrogen and oxygen atoms in total. The first kappa shape index (κ1) is 15.4. The second-order valence-corrected chi connectivity index (χ2v) is 6.60. The van der Waals surface area contributed by atoms with Crippen molar-refractivity contribution >= 4 is 21.9 Å². The lowest BCUT2D eigenvalue weighted by Gasteiger charge is -2.16. The number of nitrogens with one attached hydrogen (secondary N) is 1. The zero-order valence-electron chi connectivity index (χ0n) is 13.7.